The van der Waals surface area contributed by atoms with Gasteiger partial charge in [0.15, 0.2) is 0 Å². The summed E-state index contributed by atoms with van der Waals surface area (Å²) in [5.74, 6) is -0.148. The van der Waals surface area contributed by atoms with Gasteiger partial charge in [0.05, 0.1) is 0 Å². The first kappa shape index (κ1) is 19.2. The molecule has 2 N–H and O–H groups in total. The maximum absolute atomic E-state index is 13.4. The van der Waals surface area contributed by atoms with E-state index in [-0.39, 0.29) is 5.91 Å². The van der Waals surface area contributed by atoms with Crippen molar-refractivity contribution in [2.24, 2.45) is 0 Å². The molecule has 3 amide bonds. The fourth-order valence-electron chi connectivity index (χ4n) is 3.52. The Morgan fingerprint density at radius 2 is 1.69 bits per heavy atom. The molecule has 0 aromatic heterocycles. The van der Waals surface area contributed by atoms with E-state index in [4.69, 9.17) is 0 Å². The Morgan fingerprint density at radius 1 is 0.931 bits per heavy atom. The normalized spacial score (nSPS) is 13.5. The van der Waals surface area contributed by atoms with Gasteiger partial charge in [-0.05, 0) is 41.8 Å². The van der Waals surface area contributed by atoms with Crippen LogP contribution in [0, 0.1) is 0 Å². The van der Waals surface area contributed by atoms with Crippen LogP contribution in [0.15, 0.2) is 83.3 Å². The van der Waals surface area contributed by atoms with Crippen LogP contribution in [-0.2, 0) is 11.2 Å². The molecular weight excluding hydrogens is 430 g/mol. The van der Waals surface area contributed by atoms with Crippen molar-refractivity contribution in [3.8, 4) is 0 Å². The molecule has 5 nitrogen and oxygen atoms in total. The Hall–Kier alpha value is -3.12. The van der Waals surface area contributed by atoms with Crippen LogP contribution in [0.2, 0.25) is 0 Å². The second-order valence-corrected chi connectivity index (χ2v) is 7.74. The highest BCUT2D eigenvalue weighted by atomic mass is 79.9. The fourth-order valence-corrected chi connectivity index (χ4v) is 3.92. The van der Waals surface area contributed by atoms with E-state index in [1.54, 1.807) is 17.0 Å². The molecule has 0 unspecified atom stereocenters. The largest absolute Gasteiger partial charge is 0.322 e. The van der Waals surface area contributed by atoms with Gasteiger partial charge in [-0.15, -0.1) is 0 Å². The van der Waals surface area contributed by atoms with Gasteiger partial charge in [-0.25, -0.2) is 4.79 Å². The second kappa shape index (κ2) is 8.49. The summed E-state index contributed by atoms with van der Waals surface area (Å²) in [5, 5.41) is 5.65. The van der Waals surface area contributed by atoms with Gasteiger partial charge in [0.2, 0.25) is 0 Å². The first-order valence-electron chi connectivity index (χ1n) is 9.39. The molecule has 1 aliphatic heterocycles. The van der Waals surface area contributed by atoms with E-state index >= 15 is 0 Å². The number of carbonyl (C=O) groups excluding carboxylic acids is 2. The van der Waals surface area contributed by atoms with Crippen molar-refractivity contribution in [2.75, 3.05) is 16.8 Å². The van der Waals surface area contributed by atoms with Crippen molar-refractivity contribution in [1.82, 2.24) is 5.32 Å². The highest BCUT2D eigenvalue weighted by molar-refractivity contribution is 9.10. The molecule has 3 aromatic carbocycles. The number of hydrogen-bond donors (Lipinski definition) is 2. The minimum Gasteiger partial charge on any atom is -0.322 e. The molecule has 29 heavy (non-hydrogen) atoms. The predicted octanol–water partition coefficient (Wildman–Crippen LogP) is 4.90. The van der Waals surface area contributed by atoms with Crippen molar-refractivity contribution in [3.63, 3.8) is 0 Å². The molecule has 1 atom stereocenters. The van der Waals surface area contributed by atoms with Gasteiger partial charge in [0.1, 0.15) is 6.04 Å². The topological polar surface area (TPSA) is 61.4 Å². The zero-order chi connectivity index (χ0) is 20.2. The summed E-state index contributed by atoms with van der Waals surface area (Å²) in [6, 6.07) is 23.3. The Kier molecular flexibility index (Phi) is 5.62. The molecule has 0 radical (unpaired) electrons. The molecule has 0 aliphatic carbocycles. The molecule has 146 valence electrons. The molecule has 1 heterocycles. The number of nitrogens with zero attached hydrogens (tertiary/aromatic N) is 1. The summed E-state index contributed by atoms with van der Waals surface area (Å²) in [6.07, 6.45) is 0.813. The van der Waals surface area contributed by atoms with Gasteiger partial charge in [-0.3, -0.25) is 4.79 Å². The Balaban J connectivity index is 1.57. The minimum absolute atomic E-state index is 0.148. The summed E-state index contributed by atoms with van der Waals surface area (Å²) in [5.41, 5.74) is 3.44. The SMILES string of the molecule is O=C(Nc1cccc(Br)c1)N[C@H](C(=O)N1CCc2ccccc21)c1ccccc1. The summed E-state index contributed by atoms with van der Waals surface area (Å²) >= 11 is 3.39. The van der Waals surface area contributed by atoms with Gasteiger partial charge in [0.25, 0.3) is 5.91 Å². The predicted molar refractivity (Wildman–Crippen MR) is 118 cm³/mol. The third-order valence-electron chi connectivity index (χ3n) is 4.89. The third-order valence-corrected chi connectivity index (χ3v) is 5.38. The maximum atomic E-state index is 13.4. The zero-order valence-corrected chi connectivity index (χ0v) is 17.2. The van der Waals surface area contributed by atoms with E-state index in [9.17, 15) is 9.59 Å². The van der Waals surface area contributed by atoms with Gasteiger partial charge in [-0.1, -0.05) is 70.5 Å². The average molecular weight is 450 g/mol. The van der Waals surface area contributed by atoms with E-state index in [2.05, 4.69) is 26.6 Å². The van der Waals surface area contributed by atoms with Crippen molar-refractivity contribution < 1.29 is 9.59 Å². The van der Waals surface area contributed by atoms with Crippen LogP contribution >= 0.6 is 15.9 Å². The lowest BCUT2D eigenvalue weighted by Crippen LogP contribution is -2.43. The quantitative estimate of drug-likeness (QED) is 0.594. The molecular formula is C23H20BrN3O2. The standard InChI is InChI=1S/C23H20BrN3O2/c24-18-10-6-11-19(15-18)25-23(29)26-21(17-8-2-1-3-9-17)22(28)27-14-13-16-7-4-5-12-20(16)27/h1-12,15,21H,13-14H2,(H2,25,26,29)/t21-/m0/s1. The number of fused-ring (bicyclic) bond motifs is 1. The van der Waals surface area contributed by atoms with E-state index in [1.165, 1.54) is 0 Å². The highest BCUT2D eigenvalue weighted by Crippen LogP contribution is 2.30. The van der Waals surface area contributed by atoms with E-state index < -0.39 is 12.1 Å². The summed E-state index contributed by atoms with van der Waals surface area (Å²) < 4.78 is 0.861. The van der Waals surface area contributed by atoms with Crippen molar-refractivity contribution in [3.05, 3.63) is 94.5 Å². The smallest absolute Gasteiger partial charge is 0.320 e. The number of amides is 3. The Morgan fingerprint density at radius 3 is 2.48 bits per heavy atom. The molecule has 0 saturated heterocycles. The van der Waals surface area contributed by atoms with Crippen LogP contribution in [0.25, 0.3) is 0 Å². The molecule has 0 spiro atoms. The monoisotopic (exact) mass is 449 g/mol. The molecule has 1 aliphatic rings. The molecule has 6 heteroatoms. The summed E-state index contributed by atoms with van der Waals surface area (Å²) in [4.78, 5) is 27.8. The number of halogens is 1. The zero-order valence-electron chi connectivity index (χ0n) is 15.6. The van der Waals surface area contributed by atoms with Crippen LogP contribution in [0.4, 0.5) is 16.2 Å². The van der Waals surface area contributed by atoms with Crippen molar-refractivity contribution in [1.29, 1.82) is 0 Å². The van der Waals surface area contributed by atoms with Crippen LogP contribution in [0.5, 0.6) is 0 Å². The lowest BCUT2D eigenvalue weighted by Gasteiger charge is -2.25. The highest BCUT2D eigenvalue weighted by Gasteiger charge is 2.32. The number of benzene rings is 3. The fraction of sp³-hybridized carbons (Fsp3) is 0.130. The first-order chi connectivity index (χ1) is 14.1. The number of rotatable bonds is 4. The minimum atomic E-state index is -0.783. The van der Waals surface area contributed by atoms with Gasteiger partial charge >= 0.3 is 6.03 Å². The van der Waals surface area contributed by atoms with Crippen LogP contribution in [0.3, 0.4) is 0 Å². The summed E-state index contributed by atoms with van der Waals surface area (Å²) in [7, 11) is 0. The molecule has 0 saturated carbocycles. The lowest BCUT2D eigenvalue weighted by atomic mass is 10.1. The molecule has 4 rings (SSSR count). The van der Waals surface area contributed by atoms with E-state index in [1.807, 2.05) is 66.7 Å². The number of para-hydroxylation sites is 1. The Bertz CT molecular complexity index is 1040. The number of urea groups is 1. The van der Waals surface area contributed by atoms with Gasteiger partial charge in [-0.2, -0.15) is 0 Å². The molecule has 3 aromatic rings. The summed E-state index contributed by atoms with van der Waals surface area (Å²) in [6.45, 7) is 0.608. The number of nitrogens with one attached hydrogen (secondary N) is 2. The molecule has 0 fully saturated rings. The Labute approximate surface area is 177 Å². The number of hydrogen-bond acceptors (Lipinski definition) is 2. The maximum Gasteiger partial charge on any atom is 0.320 e. The van der Waals surface area contributed by atoms with E-state index in [0.717, 1.165) is 27.7 Å². The number of anilines is 2. The first-order valence-corrected chi connectivity index (χ1v) is 10.2. The average Bonchev–Trinajstić information content (AvgIpc) is 3.16. The van der Waals surface area contributed by atoms with Crippen LogP contribution in [0.1, 0.15) is 17.2 Å². The van der Waals surface area contributed by atoms with Crippen LogP contribution in [-0.4, -0.2) is 18.5 Å². The number of carbonyl (C=O) groups is 2. The lowest BCUT2D eigenvalue weighted by molar-refractivity contribution is -0.120. The third kappa shape index (κ3) is 4.32. The second-order valence-electron chi connectivity index (χ2n) is 6.82. The van der Waals surface area contributed by atoms with Gasteiger partial charge < -0.3 is 15.5 Å². The van der Waals surface area contributed by atoms with Crippen molar-refractivity contribution in [2.45, 2.75) is 12.5 Å². The van der Waals surface area contributed by atoms with E-state index in [0.29, 0.717) is 12.2 Å². The van der Waals surface area contributed by atoms with Crippen molar-refractivity contribution >= 4 is 39.2 Å². The molecule has 0 bridgehead atoms. The van der Waals surface area contributed by atoms with Gasteiger partial charge in [0, 0.05) is 22.4 Å². The van der Waals surface area contributed by atoms with Crippen LogP contribution < -0.4 is 15.5 Å².